The molecule has 0 fully saturated rings. The minimum absolute atomic E-state index is 0. The van der Waals surface area contributed by atoms with Crippen LogP contribution in [-0.2, 0) is 11.6 Å². The smallest absolute Gasteiger partial charge is 0.417 e. The lowest BCUT2D eigenvalue weighted by atomic mass is 9.67. The van der Waals surface area contributed by atoms with Gasteiger partial charge in [0.1, 0.15) is 11.5 Å². The molecule has 0 bridgehead atoms. The maximum atomic E-state index is 13.1. The third kappa shape index (κ3) is 10.8. The van der Waals surface area contributed by atoms with Crippen molar-refractivity contribution in [2.45, 2.75) is 89.8 Å². The normalized spacial score (nSPS) is 11.5. The molecule has 344 valence electrons. The molecule has 0 heterocycles. The number of rotatable bonds is 4. The van der Waals surface area contributed by atoms with Gasteiger partial charge in [-0.2, -0.15) is 13.2 Å². The van der Waals surface area contributed by atoms with E-state index in [0.717, 1.165) is 33.4 Å². The van der Waals surface area contributed by atoms with Gasteiger partial charge in [-0.1, -0.05) is 204 Å². The number of hydrogen-bond acceptors (Lipinski definition) is 2. The minimum Gasteiger partial charge on any atom is -0.508 e. The Morgan fingerprint density at radius 2 is 0.742 bits per heavy atom. The van der Waals surface area contributed by atoms with Crippen LogP contribution in [0, 0.1) is 48.5 Å². The SMILES string of the molecule is C.C.C.C.Cc1ccc(-c2ccc(C)c(O)c2)cc1O.Cc1ccc(-c2ccc(C)cc2C(F)(F)F)c(C)c1.Cc1ccc(C2(c3ccc(C)cc3)c3ccccc3-c3ccccc32)cc1. The first kappa shape index (κ1) is 53.5. The number of phenolic OH excluding ortho intramolecular Hbond substituents is 2. The molecule has 1 aliphatic carbocycles. The molecule has 0 amide bonds. The van der Waals surface area contributed by atoms with Gasteiger partial charge in [-0.25, -0.2) is 0 Å². The van der Waals surface area contributed by atoms with Crippen molar-refractivity contribution in [3.8, 4) is 44.9 Å². The molecule has 0 aliphatic heterocycles. The van der Waals surface area contributed by atoms with Gasteiger partial charge in [0.05, 0.1) is 11.0 Å². The lowest BCUT2D eigenvalue weighted by Crippen LogP contribution is -2.28. The van der Waals surface area contributed by atoms with Crippen LogP contribution in [0.5, 0.6) is 11.5 Å². The lowest BCUT2D eigenvalue weighted by Gasteiger charge is -2.34. The number of aromatic hydroxyl groups is 2. The highest BCUT2D eigenvalue weighted by Gasteiger charge is 2.45. The molecule has 0 aromatic heterocycles. The first-order chi connectivity index (χ1) is 29.6. The Morgan fingerprint density at radius 1 is 0.364 bits per heavy atom. The van der Waals surface area contributed by atoms with Gasteiger partial charge in [-0.05, 0) is 139 Å². The van der Waals surface area contributed by atoms with Crippen molar-refractivity contribution >= 4 is 0 Å². The van der Waals surface area contributed by atoms with Crippen molar-refractivity contribution in [1.29, 1.82) is 0 Å². The number of fused-ring (bicyclic) bond motifs is 3. The number of benzene rings is 8. The van der Waals surface area contributed by atoms with Gasteiger partial charge in [0.2, 0.25) is 0 Å². The molecule has 66 heavy (non-hydrogen) atoms. The molecule has 0 radical (unpaired) electrons. The van der Waals surface area contributed by atoms with Crippen LogP contribution < -0.4 is 0 Å². The van der Waals surface area contributed by atoms with E-state index in [1.165, 1.54) is 50.6 Å². The number of aryl methyl sites for hydroxylation is 7. The summed E-state index contributed by atoms with van der Waals surface area (Å²) in [4.78, 5) is 0. The number of halogens is 3. The van der Waals surface area contributed by atoms with E-state index in [1.54, 1.807) is 37.3 Å². The van der Waals surface area contributed by atoms with Crippen LogP contribution in [0.25, 0.3) is 33.4 Å². The fraction of sp³-hybridized carbons (Fsp3) is 0.213. The van der Waals surface area contributed by atoms with Crippen molar-refractivity contribution in [1.82, 2.24) is 0 Å². The Morgan fingerprint density at radius 3 is 1.14 bits per heavy atom. The molecule has 1 aliphatic rings. The third-order valence-corrected chi connectivity index (χ3v) is 11.8. The average Bonchev–Trinajstić information content (AvgIpc) is 3.55. The molecule has 0 saturated heterocycles. The van der Waals surface area contributed by atoms with Gasteiger partial charge in [0.25, 0.3) is 0 Å². The zero-order valence-electron chi connectivity index (χ0n) is 36.2. The van der Waals surface area contributed by atoms with Crippen molar-refractivity contribution in [3.63, 3.8) is 0 Å². The zero-order chi connectivity index (χ0) is 44.3. The van der Waals surface area contributed by atoms with Gasteiger partial charge >= 0.3 is 6.18 Å². The Bertz CT molecular complexity index is 2730. The predicted octanol–water partition coefficient (Wildman–Crippen LogP) is 17.9. The summed E-state index contributed by atoms with van der Waals surface area (Å²) in [5, 5.41) is 19.2. The fourth-order valence-corrected chi connectivity index (χ4v) is 8.45. The second-order valence-electron chi connectivity index (χ2n) is 16.4. The van der Waals surface area contributed by atoms with Crippen LogP contribution >= 0.6 is 0 Å². The fourth-order valence-electron chi connectivity index (χ4n) is 8.45. The monoisotopic (exact) mass is 889 g/mol. The number of phenols is 2. The van der Waals surface area contributed by atoms with Crippen LogP contribution in [-0.4, -0.2) is 10.2 Å². The van der Waals surface area contributed by atoms with Crippen LogP contribution in [0.3, 0.4) is 0 Å². The Kier molecular flexibility index (Phi) is 17.7. The first-order valence-corrected chi connectivity index (χ1v) is 20.8. The third-order valence-electron chi connectivity index (χ3n) is 11.8. The second-order valence-corrected chi connectivity index (χ2v) is 16.4. The maximum absolute atomic E-state index is 13.1. The Hall–Kier alpha value is -6.85. The molecule has 0 atom stereocenters. The number of hydrogen-bond donors (Lipinski definition) is 2. The molecule has 2 N–H and O–H groups in total. The lowest BCUT2D eigenvalue weighted by molar-refractivity contribution is -0.137. The van der Waals surface area contributed by atoms with Crippen LogP contribution in [0.4, 0.5) is 13.2 Å². The standard InChI is InChI=1S/C27H22.C16H15F3.C14H14O2.4CH4/c1-19-11-15-21(16-12-19)27(22-17-13-20(2)14-18-22)25-9-5-3-7-23(25)24-8-4-6-10-26(24)27;1-10-4-6-13(12(3)8-10)14-7-5-11(2)9-15(14)16(17,18)19;1-9-3-5-11(7-13(9)15)12-6-4-10(2)14(16)8-12;;;;/h3-18H,1-2H3;4-9H,1-3H3;3-8,15-16H,1-2H3;4*1H4. The average molecular weight is 889 g/mol. The summed E-state index contributed by atoms with van der Waals surface area (Å²) >= 11 is 0. The van der Waals surface area contributed by atoms with E-state index >= 15 is 0 Å². The van der Waals surface area contributed by atoms with Crippen molar-refractivity contribution in [2.24, 2.45) is 0 Å². The molecule has 8 aromatic carbocycles. The van der Waals surface area contributed by atoms with Crippen molar-refractivity contribution in [2.75, 3.05) is 0 Å². The number of alkyl halides is 3. The Balaban J connectivity index is 0.000000265. The summed E-state index contributed by atoms with van der Waals surface area (Å²) in [7, 11) is 0. The van der Waals surface area contributed by atoms with Crippen LogP contribution in [0.2, 0.25) is 0 Å². The van der Waals surface area contributed by atoms with Crippen LogP contribution in [0.1, 0.15) is 96.5 Å². The first-order valence-electron chi connectivity index (χ1n) is 20.8. The van der Waals surface area contributed by atoms with E-state index in [2.05, 4.69) is 111 Å². The summed E-state index contributed by atoms with van der Waals surface area (Å²) in [5.41, 5.74) is 16.7. The van der Waals surface area contributed by atoms with E-state index in [0.29, 0.717) is 11.1 Å². The molecule has 0 unspecified atom stereocenters. The van der Waals surface area contributed by atoms with Crippen molar-refractivity contribution < 1.29 is 23.4 Å². The highest BCUT2D eigenvalue weighted by molar-refractivity contribution is 5.86. The van der Waals surface area contributed by atoms with Gasteiger partial charge in [0, 0.05) is 0 Å². The zero-order valence-corrected chi connectivity index (χ0v) is 36.2. The summed E-state index contributed by atoms with van der Waals surface area (Å²) < 4.78 is 39.4. The summed E-state index contributed by atoms with van der Waals surface area (Å²) in [6.07, 6.45) is -4.33. The van der Waals surface area contributed by atoms with Gasteiger partial charge in [-0.15, -0.1) is 0 Å². The minimum atomic E-state index is -4.33. The van der Waals surface area contributed by atoms with E-state index in [-0.39, 0.29) is 52.2 Å². The molecule has 9 rings (SSSR count). The second kappa shape index (κ2) is 21.9. The summed E-state index contributed by atoms with van der Waals surface area (Å²) in [5.74, 6) is 0.551. The van der Waals surface area contributed by atoms with Gasteiger partial charge in [-0.3, -0.25) is 0 Å². The van der Waals surface area contributed by atoms with Crippen molar-refractivity contribution in [3.05, 3.63) is 237 Å². The summed E-state index contributed by atoms with van der Waals surface area (Å²) in [6, 6.07) is 56.8. The molecule has 5 heteroatoms. The van der Waals surface area contributed by atoms with E-state index < -0.39 is 11.7 Å². The van der Waals surface area contributed by atoms with E-state index in [9.17, 15) is 23.4 Å². The van der Waals surface area contributed by atoms with Gasteiger partial charge in [0.15, 0.2) is 0 Å². The molecular weight excluding hydrogens is 822 g/mol. The maximum Gasteiger partial charge on any atom is 0.417 e. The Labute approximate surface area is 393 Å². The highest BCUT2D eigenvalue weighted by Crippen LogP contribution is 2.56. The highest BCUT2D eigenvalue weighted by atomic mass is 19.4. The molecule has 0 spiro atoms. The van der Waals surface area contributed by atoms with E-state index in [4.69, 9.17) is 0 Å². The summed E-state index contributed by atoms with van der Waals surface area (Å²) in [6.45, 7) is 13.4. The van der Waals surface area contributed by atoms with Gasteiger partial charge < -0.3 is 10.2 Å². The quantitative estimate of drug-likeness (QED) is 0.185. The molecule has 2 nitrogen and oxygen atoms in total. The molecular formula is C61H67F3O2. The van der Waals surface area contributed by atoms with E-state index in [1.807, 2.05) is 64.1 Å². The molecule has 8 aromatic rings. The van der Waals surface area contributed by atoms with Crippen LogP contribution in [0.15, 0.2) is 170 Å². The largest absolute Gasteiger partial charge is 0.508 e. The molecule has 0 saturated carbocycles. The topological polar surface area (TPSA) is 40.5 Å². The predicted molar refractivity (Wildman–Crippen MR) is 276 cm³/mol.